The summed E-state index contributed by atoms with van der Waals surface area (Å²) in [5, 5.41) is 0. The van der Waals surface area contributed by atoms with Crippen LogP contribution < -0.4 is 9.64 Å². The second-order valence-corrected chi connectivity index (χ2v) is 13.1. The fourth-order valence-corrected chi connectivity index (χ4v) is 5.43. The van der Waals surface area contributed by atoms with E-state index in [-0.39, 0.29) is 46.1 Å². The van der Waals surface area contributed by atoms with Gasteiger partial charge in [0.15, 0.2) is 11.5 Å². The molecule has 0 atom stereocenters. The van der Waals surface area contributed by atoms with E-state index < -0.39 is 29.4 Å². The van der Waals surface area contributed by atoms with Crippen LogP contribution in [0.25, 0.3) is 22.6 Å². The highest BCUT2D eigenvalue weighted by molar-refractivity contribution is 9.10. The lowest BCUT2D eigenvalue weighted by molar-refractivity contribution is -0.140. The van der Waals surface area contributed by atoms with Crippen LogP contribution in [0, 0.1) is 5.82 Å². The van der Waals surface area contributed by atoms with Gasteiger partial charge in [-0.15, -0.1) is 0 Å². The Hall–Kier alpha value is -4.07. The molecule has 3 aromatic heterocycles. The van der Waals surface area contributed by atoms with Gasteiger partial charge in [-0.05, 0) is 69.0 Å². The number of hydrogen-bond acceptors (Lipinski definition) is 7. The minimum atomic E-state index is -4.60. The Balaban J connectivity index is 1.57. The molecule has 46 heavy (non-hydrogen) atoms. The van der Waals surface area contributed by atoms with E-state index in [1.54, 1.807) is 58.9 Å². The number of amides is 1. The highest BCUT2D eigenvalue weighted by Crippen LogP contribution is 2.47. The summed E-state index contributed by atoms with van der Waals surface area (Å²) in [6.07, 6.45) is 0.0839. The fraction of sp³-hybridized carbons (Fsp3) is 0.406. The first-order valence-electron chi connectivity index (χ1n) is 14.6. The quantitative estimate of drug-likeness (QED) is 0.169. The van der Waals surface area contributed by atoms with E-state index in [0.717, 1.165) is 23.9 Å². The number of imidazole rings is 1. The number of nitrogens with zero attached hydrogens (tertiary/aromatic N) is 6. The van der Waals surface area contributed by atoms with Gasteiger partial charge in [0.1, 0.15) is 29.1 Å². The van der Waals surface area contributed by atoms with Crippen molar-refractivity contribution in [2.24, 2.45) is 0 Å². The number of alkyl halides is 3. The molecule has 1 aliphatic carbocycles. The van der Waals surface area contributed by atoms with E-state index in [9.17, 15) is 18.0 Å². The summed E-state index contributed by atoms with van der Waals surface area (Å²) in [6, 6.07) is 6.23. The second-order valence-electron chi connectivity index (χ2n) is 12.2. The Morgan fingerprint density at radius 3 is 2.35 bits per heavy atom. The van der Waals surface area contributed by atoms with Crippen molar-refractivity contribution >= 4 is 27.7 Å². The number of aromatic nitrogens is 5. The molecule has 1 saturated carbocycles. The van der Waals surface area contributed by atoms with Gasteiger partial charge in [-0.2, -0.15) is 13.2 Å². The Labute approximate surface area is 272 Å². The van der Waals surface area contributed by atoms with Crippen LogP contribution in [0.5, 0.6) is 5.88 Å². The second kappa shape index (κ2) is 12.6. The van der Waals surface area contributed by atoms with Crippen molar-refractivity contribution < 1.29 is 31.8 Å². The Morgan fingerprint density at radius 2 is 1.78 bits per heavy atom. The van der Waals surface area contributed by atoms with Crippen molar-refractivity contribution in [1.29, 1.82) is 0 Å². The Kier molecular flexibility index (Phi) is 9.13. The molecule has 0 aliphatic heterocycles. The van der Waals surface area contributed by atoms with Crippen molar-refractivity contribution in [3.8, 4) is 28.5 Å². The summed E-state index contributed by atoms with van der Waals surface area (Å²) in [7, 11) is 1.42. The maximum Gasteiger partial charge on any atom is 0.434 e. The third-order valence-electron chi connectivity index (χ3n) is 7.20. The summed E-state index contributed by atoms with van der Waals surface area (Å²) in [5.74, 6) is -0.398. The summed E-state index contributed by atoms with van der Waals surface area (Å²) < 4.78 is 69.8. The van der Waals surface area contributed by atoms with Crippen molar-refractivity contribution in [3.05, 3.63) is 70.2 Å². The highest BCUT2D eigenvalue weighted by Gasteiger charge is 2.36. The third-order valence-corrected chi connectivity index (χ3v) is 7.78. The molecule has 5 rings (SSSR count). The maximum atomic E-state index is 16.7. The molecule has 0 N–H and O–H groups in total. The average Bonchev–Trinajstić information content (AvgIpc) is 3.71. The van der Waals surface area contributed by atoms with Crippen molar-refractivity contribution in [1.82, 2.24) is 24.5 Å². The number of ether oxygens (including phenoxy) is 2. The zero-order chi connectivity index (χ0) is 33.6. The molecule has 9 nitrogen and oxygen atoms in total. The lowest BCUT2D eigenvalue weighted by Gasteiger charge is -2.29. The smallest absolute Gasteiger partial charge is 0.434 e. The van der Waals surface area contributed by atoms with Gasteiger partial charge in [-0.1, -0.05) is 24.3 Å². The highest BCUT2D eigenvalue weighted by atomic mass is 79.9. The van der Waals surface area contributed by atoms with Crippen molar-refractivity contribution in [2.75, 3.05) is 12.0 Å². The Bertz CT molecular complexity index is 1750. The van der Waals surface area contributed by atoms with Crippen LogP contribution in [0.15, 0.2) is 47.5 Å². The molecule has 1 aromatic carbocycles. The first-order valence-corrected chi connectivity index (χ1v) is 15.4. The number of anilines is 1. The van der Waals surface area contributed by atoms with Crippen LogP contribution in [0.3, 0.4) is 0 Å². The molecule has 0 saturated heterocycles. The number of carbonyl (C=O) groups excluding carboxylic acids is 1. The lowest BCUT2D eigenvalue weighted by Crippen LogP contribution is -2.37. The molecule has 0 spiro atoms. The SMILES string of the molecule is COc1ncnc(C2CC2)c1-c1ncc(Br)c(N(Cc2ccc(-c3nc(C(F)(F)F)cn3C(C)C)cc2)C(=O)OC(C)(C)C)c1F. The molecule has 4 aromatic rings. The Morgan fingerprint density at radius 1 is 1.11 bits per heavy atom. The number of halogens is 5. The van der Waals surface area contributed by atoms with Crippen LogP contribution in [-0.2, 0) is 17.5 Å². The molecule has 1 fully saturated rings. The topological polar surface area (TPSA) is 95.3 Å². The zero-order valence-corrected chi connectivity index (χ0v) is 27.7. The van der Waals surface area contributed by atoms with Crippen LogP contribution in [0.1, 0.15) is 76.4 Å². The van der Waals surface area contributed by atoms with Crippen LogP contribution >= 0.6 is 15.9 Å². The fourth-order valence-electron chi connectivity index (χ4n) is 4.93. The van der Waals surface area contributed by atoms with E-state index in [4.69, 9.17) is 9.47 Å². The average molecular weight is 706 g/mol. The first kappa shape index (κ1) is 33.3. The molecule has 3 heterocycles. The predicted octanol–water partition coefficient (Wildman–Crippen LogP) is 8.73. The molecule has 0 unspecified atom stereocenters. The molecule has 14 heteroatoms. The number of rotatable bonds is 8. The van der Waals surface area contributed by atoms with E-state index >= 15 is 4.39 Å². The molecular formula is C32H33BrF4N6O3. The summed E-state index contributed by atoms with van der Waals surface area (Å²) in [4.78, 5) is 31.6. The van der Waals surface area contributed by atoms with Crippen LogP contribution in [0.2, 0.25) is 0 Å². The van der Waals surface area contributed by atoms with Gasteiger partial charge >= 0.3 is 12.3 Å². The van der Waals surface area contributed by atoms with Gasteiger partial charge in [-0.25, -0.2) is 24.1 Å². The zero-order valence-electron chi connectivity index (χ0n) is 26.1. The van der Waals surface area contributed by atoms with Gasteiger partial charge in [0.25, 0.3) is 0 Å². The number of methoxy groups -OCH3 is 1. The molecule has 0 bridgehead atoms. The number of hydrogen-bond donors (Lipinski definition) is 0. The minimum absolute atomic E-state index is 0.0811. The summed E-state index contributed by atoms with van der Waals surface area (Å²) in [6.45, 7) is 8.47. The number of benzene rings is 1. The van der Waals surface area contributed by atoms with Crippen LogP contribution in [-0.4, -0.2) is 43.3 Å². The van der Waals surface area contributed by atoms with Gasteiger partial charge in [0.05, 0.1) is 29.4 Å². The predicted molar refractivity (Wildman–Crippen MR) is 167 cm³/mol. The monoisotopic (exact) mass is 704 g/mol. The maximum absolute atomic E-state index is 16.7. The molecule has 1 aliphatic rings. The summed E-state index contributed by atoms with van der Waals surface area (Å²) >= 11 is 3.38. The van der Waals surface area contributed by atoms with Gasteiger partial charge < -0.3 is 14.0 Å². The van der Waals surface area contributed by atoms with Gasteiger partial charge in [-0.3, -0.25) is 9.88 Å². The number of carbonyl (C=O) groups is 1. The largest absolute Gasteiger partial charge is 0.480 e. The van der Waals surface area contributed by atoms with Gasteiger partial charge in [0.2, 0.25) is 5.88 Å². The summed E-state index contributed by atoms with van der Waals surface area (Å²) in [5.41, 5.74) is -0.182. The van der Waals surface area contributed by atoms with E-state index in [1.807, 2.05) is 0 Å². The lowest BCUT2D eigenvalue weighted by atomic mass is 10.1. The van der Waals surface area contributed by atoms with Crippen molar-refractivity contribution in [2.45, 2.75) is 77.7 Å². The molecule has 244 valence electrons. The van der Waals surface area contributed by atoms with Crippen LogP contribution in [0.4, 0.5) is 28.0 Å². The van der Waals surface area contributed by atoms with Gasteiger partial charge in [0, 0.05) is 29.9 Å². The molecular weight excluding hydrogens is 672 g/mol. The van der Waals surface area contributed by atoms with E-state index in [0.29, 0.717) is 22.4 Å². The van der Waals surface area contributed by atoms with Crippen molar-refractivity contribution in [3.63, 3.8) is 0 Å². The van der Waals surface area contributed by atoms with E-state index in [1.165, 1.54) is 24.2 Å². The first-order chi connectivity index (χ1) is 21.6. The third kappa shape index (κ3) is 7.01. The minimum Gasteiger partial charge on any atom is -0.480 e. The molecule has 1 amide bonds. The van der Waals surface area contributed by atoms with E-state index in [2.05, 4.69) is 35.9 Å². The molecule has 0 radical (unpaired) electrons. The standard InChI is InChI=1S/C32H33BrF4N6O3/c1-17(2)42-15-22(32(35,36)37)41-28(42)20-9-7-18(8-10-20)14-43(30(44)46-31(3,4)5)27-21(33)13-38-26(24(27)34)23-25(19-11-12-19)39-16-40-29(23)45-6/h7-10,13,15-17,19H,11-12,14H2,1-6H3. The normalized spacial score (nSPS) is 13.7. The number of pyridine rings is 1.